The van der Waals surface area contributed by atoms with E-state index >= 15 is 0 Å². The van der Waals surface area contributed by atoms with Gasteiger partial charge in [0.25, 0.3) is 5.56 Å². The number of nitrogens with zero attached hydrogens (tertiary/aromatic N) is 1. The standard InChI is InChI=1S/C25H25N3OS2/c1-3-18-9-10-23-19(13-18)14-20(24(29)27-23)15-28(16-22-8-5-11-31-22)25(30)26-21-7-4-6-17(2)12-21/h4-14H,3,15-16H2,1-2H3,(H,26,30)(H,27,29). The number of benzene rings is 2. The van der Waals surface area contributed by atoms with Crippen LogP contribution in [-0.4, -0.2) is 15.0 Å². The highest BCUT2D eigenvalue weighted by molar-refractivity contribution is 7.80. The Morgan fingerprint density at radius 3 is 2.71 bits per heavy atom. The lowest BCUT2D eigenvalue weighted by molar-refractivity contribution is 0.415. The molecule has 2 N–H and O–H groups in total. The van der Waals surface area contributed by atoms with Gasteiger partial charge in [0.05, 0.1) is 13.1 Å². The molecule has 0 radical (unpaired) electrons. The zero-order valence-electron chi connectivity index (χ0n) is 17.6. The maximum Gasteiger partial charge on any atom is 0.253 e. The molecule has 0 saturated carbocycles. The Hall–Kier alpha value is -2.96. The van der Waals surface area contributed by atoms with Crippen LogP contribution >= 0.6 is 23.6 Å². The molecule has 0 aliphatic heterocycles. The Labute approximate surface area is 191 Å². The van der Waals surface area contributed by atoms with Gasteiger partial charge in [-0.2, -0.15) is 0 Å². The van der Waals surface area contributed by atoms with E-state index in [9.17, 15) is 4.79 Å². The molecule has 4 nitrogen and oxygen atoms in total. The molecule has 4 aromatic rings. The number of aromatic nitrogens is 1. The fraction of sp³-hybridized carbons (Fsp3) is 0.200. The molecule has 2 aromatic heterocycles. The fourth-order valence-electron chi connectivity index (χ4n) is 3.56. The third kappa shape index (κ3) is 5.21. The van der Waals surface area contributed by atoms with Gasteiger partial charge in [-0.05, 0) is 83.9 Å². The van der Waals surface area contributed by atoms with Gasteiger partial charge in [-0.3, -0.25) is 4.79 Å². The zero-order valence-corrected chi connectivity index (χ0v) is 19.3. The first kappa shape index (κ1) is 21.3. The summed E-state index contributed by atoms with van der Waals surface area (Å²) in [6.45, 7) is 5.25. The van der Waals surface area contributed by atoms with Crippen LogP contribution in [0.25, 0.3) is 10.9 Å². The lowest BCUT2D eigenvalue weighted by Crippen LogP contribution is -2.35. The Morgan fingerprint density at radius 1 is 1.10 bits per heavy atom. The number of thiophene rings is 1. The van der Waals surface area contributed by atoms with Crippen molar-refractivity contribution in [2.75, 3.05) is 5.32 Å². The largest absolute Gasteiger partial charge is 0.339 e. The molecule has 6 heteroatoms. The summed E-state index contributed by atoms with van der Waals surface area (Å²) in [6, 6.07) is 20.4. The number of pyridine rings is 1. The molecule has 0 spiro atoms. The fourth-order valence-corrected chi connectivity index (χ4v) is 4.53. The van der Waals surface area contributed by atoms with Crippen molar-refractivity contribution in [1.29, 1.82) is 0 Å². The van der Waals surface area contributed by atoms with Gasteiger partial charge in [0.2, 0.25) is 0 Å². The van der Waals surface area contributed by atoms with Gasteiger partial charge in [0.1, 0.15) is 0 Å². The molecule has 0 fully saturated rings. The van der Waals surface area contributed by atoms with Crippen LogP contribution in [0.4, 0.5) is 5.69 Å². The van der Waals surface area contributed by atoms with Crippen molar-refractivity contribution in [1.82, 2.24) is 9.88 Å². The monoisotopic (exact) mass is 447 g/mol. The van der Waals surface area contributed by atoms with Crippen molar-refractivity contribution in [2.24, 2.45) is 0 Å². The molecule has 2 aromatic carbocycles. The molecule has 2 heterocycles. The number of rotatable bonds is 6. The van der Waals surface area contributed by atoms with Crippen LogP contribution < -0.4 is 10.9 Å². The maximum absolute atomic E-state index is 12.8. The molecule has 0 saturated heterocycles. The average molecular weight is 448 g/mol. The Morgan fingerprint density at radius 2 is 1.97 bits per heavy atom. The molecule has 4 rings (SSSR count). The summed E-state index contributed by atoms with van der Waals surface area (Å²) in [5.41, 5.74) is 4.84. The number of aryl methyl sites for hydroxylation is 2. The predicted octanol–water partition coefficient (Wildman–Crippen LogP) is 5.86. The van der Waals surface area contributed by atoms with E-state index in [0.29, 0.717) is 23.8 Å². The van der Waals surface area contributed by atoms with Gasteiger partial charge >= 0.3 is 0 Å². The van der Waals surface area contributed by atoms with E-state index < -0.39 is 0 Å². The van der Waals surface area contributed by atoms with Crippen molar-refractivity contribution in [3.8, 4) is 0 Å². The molecule has 0 amide bonds. The van der Waals surface area contributed by atoms with E-state index in [-0.39, 0.29) is 5.56 Å². The maximum atomic E-state index is 12.8. The molecule has 0 aliphatic rings. The van der Waals surface area contributed by atoms with Gasteiger partial charge in [0, 0.05) is 21.6 Å². The smallest absolute Gasteiger partial charge is 0.253 e. The second-order valence-electron chi connectivity index (χ2n) is 7.63. The van der Waals surface area contributed by atoms with Crippen molar-refractivity contribution >= 4 is 45.3 Å². The summed E-state index contributed by atoms with van der Waals surface area (Å²) in [5.74, 6) is 0. The van der Waals surface area contributed by atoms with Gasteiger partial charge in [0.15, 0.2) is 5.11 Å². The van der Waals surface area contributed by atoms with Gasteiger partial charge in [-0.1, -0.05) is 31.2 Å². The number of thiocarbonyl (C=S) groups is 1. The summed E-state index contributed by atoms with van der Waals surface area (Å²) in [7, 11) is 0. The molecule has 158 valence electrons. The summed E-state index contributed by atoms with van der Waals surface area (Å²) in [5, 5.41) is 7.04. The highest BCUT2D eigenvalue weighted by Crippen LogP contribution is 2.19. The molecule has 0 atom stereocenters. The highest BCUT2D eigenvalue weighted by atomic mass is 32.1. The SMILES string of the molecule is CCc1ccc2[nH]c(=O)c(CN(Cc3cccs3)C(=S)Nc3cccc(C)c3)cc2c1. The first-order valence-corrected chi connectivity index (χ1v) is 11.6. The van der Waals surface area contributed by atoms with Gasteiger partial charge in [-0.25, -0.2) is 0 Å². The van der Waals surface area contributed by atoms with E-state index in [4.69, 9.17) is 12.2 Å². The number of H-pyrrole nitrogens is 1. The number of hydrogen-bond donors (Lipinski definition) is 2. The second kappa shape index (κ2) is 9.45. The topological polar surface area (TPSA) is 48.1 Å². The highest BCUT2D eigenvalue weighted by Gasteiger charge is 2.15. The number of aromatic amines is 1. The molecular weight excluding hydrogens is 422 g/mol. The van der Waals surface area contributed by atoms with Gasteiger partial charge in [-0.15, -0.1) is 11.3 Å². The van der Waals surface area contributed by atoms with E-state index in [1.165, 1.54) is 10.4 Å². The molecular formula is C25H25N3OS2. The van der Waals surface area contributed by atoms with E-state index in [1.54, 1.807) is 11.3 Å². The van der Waals surface area contributed by atoms with Crippen LogP contribution in [0.3, 0.4) is 0 Å². The minimum absolute atomic E-state index is 0.0775. The first-order chi connectivity index (χ1) is 15.0. The predicted molar refractivity (Wildman–Crippen MR) is 135 cm³/mol. The van der Waals surface area contributed by atoms with Crippen LogP contribution in [0.5, 0.6) is 0 Å². The van der Waals surface area contributed by atoms with Gasteiger partial charge < -0.3 is 15.2 Å². The Balaban J connectivity index is 1.64. The molecule has 0 bridgehead atoms. The third-order valence-corrected chi connectivity index (χ3v) is 6.46. The summed E-state index contributed by atoms with van der Waals surface area (Å²) in [6.07, 6.45) is 0.958. The number of anilines is 1. The molecule has 0 unspecified atom stereocenters. The van der Waals surface area contributed by atoms with Crippen molar-refractivity contribution in [3.05, 3.63) is 98.0 Å². The Kier molecular flexibility index (Phi) is 6.49. The molecule has 31 heavy (non-hydrogen) atoms. The zero-order chi connectivity index (χ0) is 21.8. The number of nitrogens with one attached hydrogen (secondary N) is 2. The van der Waals surface area contributed by atoms with E-state index in [0.717, 1.165) is 28.6 Å². The van der Waals surface area contributed by atoms with Crippen molar-refractivity contribution in [3.63, 3.8) is 0 Å². The van der Waals surface area contributed by atoms with Crippen LogP contribution in [0.15, 0.2) is 70.8 Å². The van der Waals surface area contributed by atoms with Crippen LogP contribution in [0, 0.1) is 6.92 Å². The van der Waals surface area contributed by atoms with Crippen LogP contribution in [0.1, 0.15) is 28.5 Å². The van der Waals surface area contributed by atoms with Crippen molar-refractivity contribution in [2.45, 2.75) is 33.4 Å². The lowest BCUT2D eigenvalue weighted by atomic mass is 10.1. The quantitative estimate of drug-likeness (QED) is 0.364. The summed E-state index contributed by atoms with van der Waals surface area (Å²) < 4.78 is 0. The summed E-state index contributed by atoms with van der Waals surface area (Å²) in [4.78, 5) is 19.1. The third-order valence-electron chi connectivity index (χ3n) is 5.24. The van der Waals surface area contributed by atoms with E-state index in [2.05, 4.69) is 59.9 Å². The minimum Gasteiger partial charge on any atom is -0.339 e. The average Bonchev–Trinajstić information content (AvgIpc) is 3.26. The lowest BCUT2D eigenvalue weighted by Gasteiger charge is -2.25. The minimum atomic E-state index is -0.0775. The van der Waals surface area contributed by atoms with Crippen molar-refractivity contribution < 1.29 is 0 Å². The Bertz CT molecular complexity index is 1260. The second-order valence-corrected chi connectivity index (χ2v) is 9.05. The number of hydrogen-bond acceptors (Lipinski definition) is 3. The van der Waals surface area contributed by atoms with Crippen LogP contribution in [0.2, 0.25) is 0 Å². The summed E-state index contributed by atoms with van der Waals surface area (Å²) >= 11 is 7.44. The normalized spacial score (nSPS) is 10.9. The first-order valence-electron chi connectivity index (χ1n) is 10.3. The van der Waals surface area contributed by atoms with E-state index in [1.807, 2.05) is 35.2 Å². The van der Waals surface area contributed by atoms with Crippen LogP contribution in [-0.2, 0) is 19.5 Å². The molecule has 0 aliphatic carbocycles. The number of fused-ring (bicyclic) bond motifs is 1.